The Labute approximate surface area is 127 Å². The number of nitrogens with one attached hydrogen (secondary N) is 1. The minimum absolute atomic E-state index is 0.421. The molecule has 1 fully saturated rings. The maximum absolute atomic E-state index is 6.06. The minimum Gasteiger partial charge on any atom is -0.436 e. The molecule has 0 spiro atoms. The zero-order chi connectivity index (χ0) is 13.9. The van der Waals surface area contributed by atoms with Gasteiger partial charge in [0.15, 0.2) is 0 Å². The lowest BCUT2D eigenvalue weighted by atomic mass is 10.3. The van der Waals surface area contributed by atoms with E-state index in [0.717, 1.165) is 5.69 Å². The van der Waals surface area contributed by atoms with Gasteiger partial charge in [0.05, 0.1) is 16.9 Å². The fourth-order valence-corrected chi connectivity index (χ4v) is 2.17. The Bertz CT molecular complexity index is 617. The third-order valence-corrected chi connectivity index (χ3v) is 3.45. The number of rotatable bonds is 5. The minimum atomic E-state index is 0.421. The van der Waals surface area contributed by atoms with E-state index in [1.54, 1.807) is 30.6 Å². The molecule has 1 N–H and O–H groups in total. The van der Waals surface area contributed by atoms with Crippen LogP contribution in [0.5, 0.6) is 11.6 Å². The van der Waals surface area contributed by atoms with Crippen LogP contribution in [-0.2, 0) is 6.54 Å². The first-order chi connectivity index (χ1) is 9.70. The van der Waals surface area contributed by atoms with Gasteiger partial charge in [0.1, 0.15) is 5.75 Å². The van der Waals surface area contributed by atoms with Gasteiger partial charge in [0.25, 0.3) is 0 Å². The molecule has 0 aliphatic heterocycles. The van der Waals surface area contributed by atoms with Gasteiger partial charge in [0, 0.05) is 23.8 Å². The van der Waals surface area contributed by atoms with Gasteiger partial charge in [0.2, 0.25) is 5.88 Å². The van der Waals surface area contributed by atoms with Gasteiger partial charge in [-0.25, -0.2) is 4.98 Å². The van der Waals surface area contributed by atoms with E-state index in [1.165, 1.54) is 12.8 Å². The van der Waals surface area contributed by atoms with Crippen LogP contribution in [0.1, 0.15) is 18.5 Å². The monoisotopic (exact) mass is 309 g/mol. The molecule has 0 radical (unpaired) electrons. The van der Waals surface area contributed by atoms with E-state index in [0.29, 0.717) is 34.3 Å². The second kappa shape index (κ2) is 5.95. The number of nitrogens with zero attached hydrogens (tertiary/aromatic N) is 2. The average Bonchev–Trinajstić information content (AvgIpc) is 3.24. The quantitative estimate of drug-likeness (QED) is 0.912. The zero-order valence-electron chi connectivity index (χ0n) is 10.6. The molecular weight excluding hydrogens is 297 g/mol. The second-order valence-electron chi connectivity index (χ2n) is 4.68. The zero-order valence-corrected chi connectivity index (χ0v) is 12.2. The molecule has 1 aromatic carbocycles. The molecule has 0 bridgehead atoms. The van der Waals surface area contributed by atoms with Crippen molar-refractivity contribution in [3.8, 4) is 11.6 Å². The normalized spacial score (nSPS) is 14.3. The van der Waals surface area contributed by atoms with Gasteiger partial charge in [-0.05, 0) is 31.0 Å². The summed E-state index contributed by atoms with van der Waals surface area (Å²) in [4.78, 5) is 8.52. The molecule has 1 heterocycles. The molecule has 0 saturated heterocycles. The second-order valence-corrected chi connectivity index (χ2v) is 5.52. The number of ether oxygens (including phenoxy) is 1. The molecule has 0 atom stereocenters. The van der Waals surface area contributed by atoms with Crippen LogP contribution < -0.4 is 10.1 Å². The molecule has 0 unspecified atom stereocenters. The van der Waals surface area contributed by atoms with Gasteiger partial charge in [-0.3, -0.25) is 4.98 Å². The first kappa shape index (κ1) is 13.6. The fraction of sp³-hybridized carbons (Fsp3) is 0.286. The van der Waals surface area contributed by atoms with Gasteiger partial charge in [-0.15, -0.1) is 0 Å². The third kappa shape index (κ3) is 3.60. The molecule has 2 aromatic rings. The van der Waals surface area contributed by atoms with Crippen molar-refractivity contribution >= 4 is 23.2 Å². The highest BCUT2D eigenvalue weighted by Crippen LogP contribution is 2.30. The summed E-state index contributed by atoms with van der Waals surface area (Å²) in [6, 6.07) is 5.69. The molecule has 1 saturated carbocycles. The largest absolute Gasteiger partial charge is 0.436 e. The van der Waals surface area contributed by atoms with Crippen LogP contribution in [-0.4, -0.2) is 16.0 Å². The van der Waals surface area contributed by atoms with Gasteiger partial charge >= 0.3 is 0 Å². The highest BCUT2D eigenvalue weighted by Gasteiger charge is 2.20. The summed E-state index contributed by atoms with van der Waals surface area (Å²) in [6.45, 7) is 0.698. The molecular formula is C14H13Cl2N3O. The predicted molar refractivity (Wildman–Crippen MR) is 78.4 cm³/mol. The average molecular weight is 310 g/mol. The summed E-state index contributed by atoms with van der Waals surface area (Å²) in [6.07, 6.45) is 5.77. The lowest BCUT2D eigenvalue weighted by molar-refractivity contribution is 0.456. The van der Waals surface area contributed by atoms with Crippen molar-refractivity contribution in [2.24, 2.45) is 0 Å². The summed E-state index contributed by atoms with van der Waals surface area (Å²) < 4.78 is 5.64. The smallest absolute Gasteiger partial charge is 0.238 e. The van der Waals surface area contributed by atoms with Crippen LogP contribution in [0.3, 0.4) is 0 Å². The van der Waals surface area contributed by atoms with Gasteiger partial charge < -0.3 is 10.1 Å². The fourth-order valence-electron chi connectivity index (χ4n) is 1.73. The van der Waals surface area contributed by atoms with Crippen molar-refractivity contribution in [2.45, 2.75) is 25.4 Å². The van der Waals surface area contributed by atoms with Crippen molar-refractivity contribution in [1.29, 1.82) is 0 Å². The molecule has 0 amide bonds. The van der Waals surface area contributed by atoms with E-state index in [2.05, 4.69) is 15.3 Å². The lowest BCUT2D eigenvalue weighted by Crippen LogP contribution is -2.16. The maximum Gasteiger partial charge on any atom is 0.238 e. The van der Waals surface area contributed by atoms with Crippen LogP contribution >= 0.6 is 23.2 Å². The van der Waals surface area contributed by atoms with Crippen molar-refractivity contribution in [3.63, 3.8) is 0 Å². The van der Waals surface area contributed by atoms with Crippen LogP contribution in [0.25, 0.3) is 0 Å². The number of hydrogen-bond donors (Lipinski definition) is 1. The van der Waals surface area contributed by atoms with Gasteiger partial charge in [-0.1, -0.05) is 23.2 Å². The van der Waals surface area contributed by atoms with Crippen LogP contribution in [0.4, 0.5) is 0 Å². The molecule has 104 valence electrons. The molecule has 6 heteroatoms. The van der Waals surface area contributed by atoms with Crippen LogP contribution in [0.15, 0.2) is 30.6 Å². The number of hydrogen-bond acceptors (Lipinski definition) is 4. The van der Waals surface area contributed by atoms with Crippen molar-refractivity contribution in [3.05, 3.63) is 46.3 Å². The standard InChI is InChI=1S/C14H13Cl2N3O/c15-9-1-4-13(12(16)5-9)20-14-8-17-6-11(19-14)7-18-10-2-3-10/h1,4-6,8,10,18H,2-3,7H2. The summed E-state index contributed by atoms with van der Waals surface area (Å²) in [5, 5.41) is 4.39. The highest BCUT2D eigenvalue weighted by molar-refractivity contribution is 6.35. The number of benzene rings is 1. The van der Waals surface area contributed by atoms with Gasteiger partial charge in [-0.2, -0.15) is 0 Å². The van der Waals surface area contributed by atoms with E-state index in [1.807, 2.05) is 0 Å². The third-order valence-electron chi connectivity index (χ3n) is 2.92. The van der Waals surface area contributed by atoms with E-state index in [9.17, 15) is 0 Å². The first-order valence-corrected chi connectivity index (χ1v) is 7.13. The van der Waals surface area contributed by atoms with E-state index in [-0.39, 0.29) is 0 Å². The van der Waals surface area contributed by atoms with Crippen molar-refractivity contribution in [2.75, 3.05) is 0 Å². The highest BCUT2D eigenvalue weighted by atomic mass is 35.5. The Kier molecular flexibility index (Phi) is 4.05. The Morgan fingerprint density at radius 1 is 1.25 bits per heavy atom. The van der Waals surface area contributed by atoms with Crippen molar-refractivity contribution in [1.82, 2.24) is 15.3 Å². The maximum atomic E-state index is 6.06. The molecule has 1 aliphatic carbocycles. The molecule has 4 nitrogen and oxygen atoms in total. The number of aromatic nitrogens is 2. The molecule has 1 aliphatic rings. The van der Waals surface area contributed by atoms with E-state index < -0.39 is 0 Å². The topological polar surface area (TPSA) is 47.0 Å². The Morgan fingerprint density at radius 2 is 2.10 bits per heavy atom. The first-order valence-electron chi connectivity index (χ1n) is 6.38. The molecule has 1 aromatic heterocycles. The summed E-state index contributed by atoms with van der Waals surface area (Å²) >= 11 is 11.9. The summed E-state index contributed by atoms with van der Waals surface area (Å²) in [5.74, 6) is 0.932. The lowest BCUT2D eigenvalue weighted by Gasteiger charge is -2.08. The van der Waals surface area contributed by atoms with Crippen LogP contribution in [0.2, 0.25) is 10.0 Å². The summed E-state index contributed by atoms with van der Waals surface area (Å²) in [5.41, 5.74) is 0.847. The Morgan fingerprint density at radius 3 is 2.85 bits per heavy atom. The van der Waals surface area contributed by atoms with E-state index in [4.69, 9.17) is 27.9 Å². The van der Waals surface area contributed by atoms with Crippen molar-refractivity contribution < 1.29 is 4.74 Å². The Hall–Kier alpha value is -1.36. The Balaban J connectivity index is 1.70. The predicted octanol–water partition coefficient (Wildman–Crippen LogP) is 3.83. The SMILES string of the molecule is Clc1ccc(Oc2cncc(CNC3CC3)n2)c(Cl)c1. The van der Waals surface area contributed by atoms with Crippen LogP contribution in [0, 0.1) is 0 Å². The molecule has 20 heavy (non-hydrogen) atoms. The van der Waals surface area contributed by atoms with E-state index >= 15 is 0 Å². The summed E-state index contributed by atoms with van der Waals surface area (Å²) in [7, 11) is 0. The molecule has 3 rings (SSSR count). The number of halogens is 2.